The van der Waals surface area contributed by atoms with Crippen LogP contribution < -0.4 is 5.32 Å². The zero-order chi connectivity index (χ0) is 12.3. The monoisotopic (exact) mass is 240 g/mol. The molecule has 0 radical (unpaired) electrons. The molecule has 2 fully saturated rings. The first-order valence-corrected chi connectivity index (χ1v) is 7.11. The van der Waals surface area contributed by atoms with Crippen LogP contribution in [-0.2, 0) is 4.74 Å². The summed E-state index contributed by atoms with van der Waals surface area (Å²) in [6.07, 6.45) is 5.63. The normalized spacial score (nSPS) is 33.2. The number of rotatable bonds is 4. The Hall–Kier alpha value is -0.120. The quantitative estimate of drug-likeness (QED) is 0.812. The number of hydrogen-bond acceptors (Lipinski definition) is 3. The molecule has 0 aromatic heterocycles. The number of likely N-dealkylation sites (N-methyl/N-ethyl adjacent to an activating group) is 1. The van der Waals surface area contributed by atoms with E-state index in [0.717, 1.165) is 19.7 Å². The largest absolute Gasteiger partial charge is 0.377 e. The Morgan fingerprint density at radius 2 is 2.12 bits per heavy atom. The molecule has 0 bridgehead atoms. The van der Waals surface area contributed by atoms with E-state index >= 15 is 0 Å². The van der Waals surface area contributed by atoms with Crippen molar-refractivity contribution in [2.24, 2.45) is 5.41 Å². The molecule has 17 heavy (non-hydrogen) atoms. The van der Waals surface area contributed by atoms with E-state index in [1.807, 2.05) is 0 Å². The average Bonchev–Trinajstić information content (AvgIpc) is 2.73. The Labute approximate surface area is 106 Å². The third-order valence-electron chi connectivity index (χ3n) is 4.37. The molecular weight excluding hydrogens is 212 g/mol. The molecule has 0 spiro atoms. The van der Waals surface area contributed by atoms with E-state index in [1.165, 1.54) is 32.2 Å². The highest BCUT2D eigenvalue weighted by atomic mass is 16.5. The van der Waals surface area contributed by atoms with Crippen molar-refractivity contribution in [1.29, 1.82) is 0 Å². The lowest BCUT2D eigenvalue weighted by atomic mass is 9.77. The molecule has 0 saturated carbocycles. The maximum atomic E-state index is 5.70. The Kier molecular flexibility index (Phi) is 4.45. The fraction of sp³-hybridized carbons (Fsp3) is 1.00. The number of nitrogens with one attached hydrogen (secondary N) is 1. The van der Waals surface area contributed by atoms with Gasteiger partial charge in [0, 0.05) is 25.7 Å². The van der Waals surface area contributed by atoms with Crippen molar-refractivity contribution in [3.63, 3.8) is 0 Å². The first-order chi connectivity index (χ1) is 8.08. The van der Waals surface area contributed by atoms with E-state index in [-0.39, 0.29) is 0 Å². The summed E-state index contributed by atoms with van der Waals surface area (Å²) in [5.74, 6) is 0. The van der Waals surface area contributed by atoms with Gasteiger partial charge in [0.1, 0.15) is 0 Å². The van der Waals surface area contributed by atoms with Crippen LogP contribution in [0.4, 0.5) is 0 Å². The van der Waals surface area contributed by atoms with Crippen LogP contribution in [0.1, 0.15) is 39.5 Å². The van der Waals surface area contributed by atoms with Gasteiger partial charge in [0.2, 0.25) is 0 Å². The molecule has 0 aliphatic carbocycles. The second-order valence-corrected chi connectivity index (χ2v) is 6.46. The molecule has 2 unspecified atom stereocenters. The highest BCUT2D eigenvalue weighted by Gasteiger charge is 2.32. The van der Waals surface area contributed by atoms with Gasteiger partial charge in [-0.1, -0.05) is 13.8 Å². The minimum Gasteiger partial charge on any atom is -0.377 e. The first kappa shape index (κ1) is 13.3. The van der Waals surface area contributed by atoms with Gasteiger partial charge in [-0.25, -0.2) is 0 Å². The fourth-order valence-corrected chi connectivity index (χ4v) is 3.10. The molecule has 0 aromatic rings. The third-order valence-corrected chi connectivity index (χ3v) is 4.37. The summed E-state index contributed by atoms with van der Waals surface area (Å²) in [5.41, 5.74) is 0.434. The lowest BCUT2D eigenvalue weighted by molar-refractivity contribution is 0.0660. The smallest absolute Gasteiger partial charge is 0.0702 e. The van der Waals surface area contributed by atoms with Gasteiger partial charge in [0.15, 0.2) is 0 Å². The minimum absolute atomic E-state index is 0.434. The molecule has 2 saturated heterocycles. The molecular formula is C14H28N2O. The lowest BCUT2D eigenvalue weighted by Crippen LogP contribution is -2.53. The van der Waals surface area contributed by atoms with Crippen molar-refractivity contribution < 1.29 is 4.74 Å². The van der Waals surface area contributed by atoms with Crippen LogP contribution in [-0.4, -0.2) is 50.3 Å². The number of nitrogens with zero attached hydrogens (tertiary/aromatic N) is 1. The summed E-state index contributed by atoms with van der Waals surface area (Å²) in [7, 11) is 2.23. The molecule has 2 heterocycles. The average molecular weight is 240 g/mol. The van der Waals surface area contributed by atoms with Gasteiger partial charge in [0.25, 0.3) is 0 Å². The SMILES string of the molecule is CN(CC1CCCO1)CC1NCCCC1(C)C. The number of hydrogen-bond donors (Lipinski definition) is 1. The Bertz CT molecular complexity index is 236. The van der Waals surface area contributed by atoms with Gasteiger partial charge >= 0.3 is 0 Å². The second kappa shape index (κ2) is 5.68. The maximum absolute atomic E-state index is 5.70. The first-order valence-electron chi connectivity index (χ1n) is 7.11. The lowest BCUT2D eigenvalue weighted by Gasteiger charge is -2.41. The molecule has 1 N–H and O–H groups in total. The topological polar surface area (TPSA) is 24.5 Å². The van der Waals surface area contributed by atoms with Crippen molar-refractivity contribution in [2.75, 3.05) is 33.3 Å². The highest BCUT2D eigenvalue weighted by Crippen LogP contribution is 2.30. The predicted octanol–water partition coefficient (Wildman–Crippen LogP) is 1.88. The Morgan fingerprint density at radius 1 is 1.29 bits per heavy atom. The number of piperidine rings is 1. The van der Waals surface area contributed by atoms with Crippen LogP contribution >= 0.6 is 0 Å². The van der Waals surface area contributed by atoms with Gasteiger partial charge in [-0.15, -0.1) is 0 Å². The minimum atomic E-state index is 0.434. The zero-order valence-corrected chi connectivity index (χ0v) is 11.7. The van der Waals surface area contributed by atoms with Gasteiger partial charge in [0.05, 0.1) is 6.10 Å². The molecule has 0 aromatic carbocycles. The summed E-state index contributed by atoms with van der Waals surface area (Å²) in [6, 6.07) is 0.627. The van der Waals surface area contributed by atoms with Crippen molar-refractivity contribution in [2.45, 2.75) is 51.7 Å². The summed E-state index contributed by atoms with van der Waals surface area (Å²) in [5, 5.41) is 3.68. The second-order valence-electron chi connectivity index (χ2n) is 6.46. The summed E-state index contributed by atoms with van der Waals surface area (Å²) in [4.78, 5) is 2.45. The van der Waals surface area contributed by atoms with Crippen LogP contribution in [0.2, 0.25) is 0 Å². The molecule has 2 aliphatic heterocycles. The van der Waals surface area contributed by atoms with E-state index in [0.29, 0.717) is 17.6 Å². The molecule has 0 amide bonds. The van der Waals surface area contributed by atoms with E-state index < -0.39 is 0 Å². The third kappa shape index (κ3) is 3.67. The summed E-state index contributed by atoms with van der Waals surface area (Å²) < 4.78 is 5.70. The maximum Gasteiger partial charge on any atom is 0.0702 e. The molecule has 100 valence electrons. The van der Waals surface area contributed by atoms with E-state index in [1.54, 1.807) is 0 Å². The Balaban J connectivity index is 1.78. The van der Waals surface area contributed by atoms with Gasteiger partial charge in [-0.2, -0.15) is 0 Å². The van der Waals surface area contributed by atoms with Gasteiger partial charge in [-0.05, 0) is 44.7 Å². The molecule has 2 aliphatic rings. The van der Waals surface area contributed by atoms with Crippen LogP contribution in [0.3, 0.4) is 0 Å². The van der Waals surface area contributed by atoms with Crippen LogP contribution in [0, 0.1) is 5.41 Å². The molecule has 2 rings (SSSR count). The fourth-order valence-electron chi connectivity index (χ4n) is 3.10. The standard InChI is InChI=1S/C14H28N2O/c1-14(2)7-5-8-15-13(14)11-16(3)10-12-6-4-9-17-12/h12-13,15H,4-11H2,1-3H3. The van der Waals surface area contributed by atoms with E-state index in [4.69, 9.17) is 4.74 Å². The van der Waals surface area contributed by atoms with Crippen LogP contribution in [0.25, 0.3) is 0 Å². The van der Waals surface area contributed by atoms with Crippen molar-refractivity contribution in [1.82, 2.24) is 10.2 Å². The van der Waals surface area contributed by atoms with E-state index in [2.05, 4.69) is 31.1 Å². The zero-order valence-electron chi connectivity index (χ0n) is 11.7. The molecule has 2 atom stereocenters. The summed E-state index contributed by atoms with van der Waals surface area (Å²) >= 11 is 0. The predicted molar refractivity (Wildman–Crippen MR) is 71.3 cm³/mol. The van der Waals surface area contributed by atoms with Crippen molar-refractivity contribution >= 4 is 0 Å². The Morgan fingerprint density at radius 3 is 2.76 bits per heavy atom. The summed E-state index contributed by atoms with van der Waals surface area (Å²) in [6.45, 7) is 9.17. The van der Waals surface area contributed by atoms with Crippen LogP contribution in [0.5, 0.6) is 0 Å². The molecule has 3 nitrogen and oxygen atoms in total. The highest BCUT2D eigenvalue weighted by molar-refractivity contribution is 4.90. The van der Waals surface area contributed by atoms with Gasteiger partial charge < -0.3 is 15.0 Å². The van der Waals surface area contributed by atoms with E-state index in [9.17, 15) is 0 Å². The van der Waals surface area contributed by atoms with Gasteiger partial charge in [-0.3, -0.25) is 0 Å². The number of ether oxygens (including phenoxy) is 1. The van der Waals surface area contributed by atoms with Crippen LogP contribution in [0.15, 0.2) is 0 Å². The van der Waals surface area contributed by atoms with Crippen molar-refractivity contribution in [3.8, 4) is 0 Å². The molecule has 3 heteroatoms. The van der Waals surface area contributed by atoms with Crippen molar-refractivity contribution in [3.05, 3.63) is 0 Å².